The first-order valence-electron chi connectivity index (χ1n) is 9.47. The van der Waals surface area contributed by atoms with Crippen LogP contribution in [0.3, 0.4) is 0 Å². The van der Waals surface area contributed by atoms with Crippen LogP contribution in [0.4, 0.5) is 10.5 Å². The first-order valence-corrected chi connectivity index (χ1v) is 9.47. The molecule has 0 bridgehead atoms. The Bertz CT molecular complexity index is 965. The van der Waals surface area contributed by atoms with E-state index in [9.17, 15) is 24.5 Å². The van der Waals surface area contributed by atoms with E-state index in [0.717, 1.165) is 12.7 Å². The molecule has 0 aromatic heterocycles. The number of amides is 2. The molecule has 2 rings (SSSR count). The number of carbonyl (C=O) groups excluding carboxylic acids is 3. The summed E-state index contributed by atoms with van der Waals surface area (Å²) in [7, 11) is 2.45. The number of rotatable bonds is 10. The topological polar surface area (TPSA) is 146 Å². The van der Waals surface area contributed by atoms with Crippen molar-refractivity contribution < 1.29 is 33.5 Å². The summed E-state index contributed by atoms with van der Waals surface area (Å²) in [4.78, 5) is 46.6. The van der Waals surface area contributed by atoms with Crippen LogP contribution in [0, 0.1) is 10.1 Å². The fourth-order valence-corrected chi connectivity index (χ4v) is 2.75. The van der Waals surface area contributed by atoms with Crippen molar-refractivity contribution in [3.63, 3.8) is 0 Å². The molecule has 0 radical (unpaired) electrons. The summed E-state index contributed by atoms with van der Waals surface area (Å²) >= 11 is 0. The Balaban J connectivity index is 1.93. The fourth-order valence-electron chi connectivity index (χ4n) is 2.75. The standard InChI is InChI=1S/C21H23N3O8/c1-30-18-9-8-15(11-17(18)24(28)29)10-16(20(26)31-2)23-19(25)12-22-21(27)32-13-14-6-4-3-5-7-14/h3-9,11,16H,10,12-13H2,1-2H3,(H,22,27)(H,23,25)/t16-/m1/s1. The number of benzene rings is 2. The molecule has 2 N–H and O–H groups in total. The maximum Gasteiger partial charge on any atom is 0.407 e. The largest absolute Gasteiger partial charge is 0.490 e. The number of methoxy groups -OCH3 is 2. The highest BCUT2D eigenvalue weighted by Crippen LogP contribution is 2.28. The molecule has 2 aromatic rings. The predicted octanol–water partition coefficient (Wildman–Crippen LogP) is 1.73. The van der Waals surface area contributed by atoms with Gasteiger partial charge in [-0.1, -0.05) is 36.4 Å². The van der Waals surface area contributed by atoms with Crippen LogP contribution in [0.5, 0.6) is 5.75 Å². The van der Waals surface area contributed by atoms with Crippen LogP contribution >= 0.6 is 0 Å². The third-order valence-corrected chi connectivity index (χ3v) is 4.31. The summed E-state index contributed by atoms with van der Waals surface area (Å²) in [6.07, 6.45) is -0.869. The lowest BCUT2D eigenvalue weighted by Crippen LogP contribution is -2.47. The monoisotopic (exact) mass is 445 g/mol. The molecule has 0 spiro atoms. The van der Waals surface area contributed by atoms with Crippen molar-refractivity contribution in [1.29, 1.82) is 0 Å². The predicted molar refractivity (Wildman–Crippen MR) is 112 cm³/mol. The van der Waals surface area contributed by atoms with Gasteiger partial charge in [0.15, 0.2) is 5.75 Å². The zero-order chi connectivity index (χ0) is 23.5. The highest BCUT2D eigenvalue weighted by molar-refractivity contribution is 5.87. The summed E-state index contributed by atoms with van der Waals surface area (Å²) in [6.45, 7) is -0.404. The van der Waals surface area contributed by atoms with Crippen molar-refractivity contribution in [3.8, 4) is 5.75 Å². The van der Waals surface area contributed by atoms with Gasteiger partial charge in [-0.2, -0.15) is 0 Å². The highest BCUT2D eigenvalue weighted by Gasteiger charge is 2.24. The van der Waals surface area contributed by atoms with E-state index in [4.69, 9.17) is 14.2 Å². The minimum absolute atomic E-state index is 0.0370. The Morgan fingerprint density at radius 3 is 2.41 bits per heavy atom. The van der Waals surface area contributed by atoms with Gasteiger partial charge in [-0.25, -0.2) is 9.59 Å². The SMILES string of the molecule is COC(=O)[C@@H](Cc1ccc(OC)c([N+](=O)[O-])c1)NC(=O)CNC(=O)OCc1ccccc1. The molecule has 0 saturated carbocycles. The van der Waals surface area contributed by atoms with Gasteiger partial charge in [0.05, 0.1) is 19.1 Å². The molecule has 2 aromatic carbocycles. The second kappa shape index (κ2) is 11.9. The number of nitrogens with zero attached hydrogens (tertiary/aromatic N) is 1. The molecular weight excluding hydrogens is 422 g/mol. The van der Waals surface area contributed by atoms with Gasteiger partial charge >= 0.3 is 17.7 Å². The van der Waals surface area contributed by atoms with E-state index in [1.165, 1.54) is 25.3 Å². The van der Waals surface area contributed by atoms with E-state index >= 15 is 0 Å². The van der Waals surface area contributed by atoms with Crippen LogP contribution in [0.25, 0.3) is 0 Å². The minimum atomic E-state index is -1.12. The van der Waals surface area contributed by atoms with Crippen LogP contribution in [0.2, 0.25) is 0 Å². The molecule has 0 heterocycles. The third-order valence-electron chi connectivity index (χ3n) is 4.31. The van der Waals surface area contributed by atoms with Crippen molar-refractivity contribution in [2.75, 3.05) is 20.8 Å². The molecule has 0 unspecified atom stereocenters. The number of ether oxygens (including phenoxy) is 3. The molecule has 0 aliphatic heterocycles. The maximum absolute atomic E-state index is 12.2. The number of nitro groups is 1. The van der Waals surface area contributed by atoms with Crippen LogP contribution in [0.1, 0.15) is 11.1 Å². The Morgan fingerprint density at radius 2 is 1.78 bits per heavy atom. The molecular formula is C21H23N3O8. The number of hydrogen-bond donors (Lipinski definition) is 2. The Kier molecular flexibility index (Phi) is 8.96. The van der Waals surface area contributed by atoms with Gasteiger partial charge in [0, 0.05) is 12.5 Å². The molecule has 2 amide bonds. The van der Waals surface area contributed by atoms with Crippen molar-refractivity contribution in [3.05, 3.63) is 69.8 Å². The van der Waals surface area contributed by atoms with E-state index in [-0.39, 0.29) is 24.5 Å². The molecule has 11 nitrogen and oxygen atoms in total. The van der Waals surface area contributed by atoms with Gasteiger partial charge in [-0.05, 0) is 17.2 Å². The first-order chi connectivity index (χ1) is 15.3. The Labute approximate surface area is 183 Å². The molecule has 0 saturated heterocycles. The number of nitrogens with one attached hydrogen (secondary N) is 2. The van der Waals surface area contributed by atoms with Gasteiger partial charge in [0.25, 0.3) is 0 Å². The lowest BCUT2D eigenvalue weighted by Gasteiger charge is -2.17. The van der Waals surface area contributed by atoms with E-state index in [2.05, 4.69) is 10.6 Å². The number of alkyl carbamates (subject to hydrolysis) is 1. The fraction of sp³-hybridized carbons (Fsp3) is 0.286. The van der Waals surface area contributed by atoms with Crippen molar-refractivity contribution in [2.45, 2.75) is 19.1 Å². The summed E-state index contributed by atoms with van der Waals surface area (Å²) in [5.74, 6) is -1.35. The lowest BCUT2D eigenvalue weighted by molar-refractivity contribution is -0.385. The zero-order valence-corrected chi connectivity index (χ0v) is 17.5. The van der Waals surface area contributed by atoms with Crippen LogP contribution in [0.15, 0.2) is 48.5 Å². The quantitative estimate of drug-likeness (QED) is 0.319. The normalized spacial score (nSPS) is 11.1. The number of hydrogen-bond acceptors (Lipinski definition) is 8. The molecule has 32 heavy (non-hydrogen) atoms. The average molecular weight is 445 g/mol. The number of nitro benzene ring substituents is 1. The lowest BCUT2D eigenvalue weighted by atomic mass is 10.0. The average Bonchev–Trinajstić information content (AvgIpc) is 2.81. The van der Waals surface area contributed by atoms with E-state index < -0.39 is 35.5 Å². The molecule has 170 valence electrons. The van der Waals surface area contributed by atoms with Crippen molar-refractivity contribution in [2.24, 2.45) is 0 Å². The third kappa shape index (κ3) is 7.27. The zero-order valence-electron chi connectivity index (χ0n) is 17.5. The Hall–Kier alpha value is -4.15. The second-order valence-electron chi connectivity index (χ2n) is 6.53. The maximum atomic E-state index is 12.2. The summed E-state index contributed by atoms with van der Waals surface area (Å²) in [5, 5.41) is 15.9. The summed E-state index contributed by atoms with van der Waals surface area (Å²) < 4.78 is 14.7. The van der Waals surface area contributed by atoms with Crippen molar-refractivity contribution >= 4 is 23.7 Å². The molecule has 0 aliphatic rings. The molecule has 0 fully saturated rings. The summed E-state index contributed by atoms with van der Waals surface area (Å²) in [6, 6.07) is 12.1. The van der Waals surface area contributed by atoms with Crippen LogP contribution in [-0.2, 0) is 32.1 Å². The van der Waals surface area contributed by atoms with Gasteiger partial charge in [0.1, 0.15) is 19.2 Å². The smallest absolute Gasteiger partial charge is 0.407 e. The van der Waals surface area contributed by atoms with Gasteiger partial charge in [-0.3, -0.25) is 14.9 Å². The van der Waals surface area contributed by atoms with Crippen LogP contribution in [-0.4, -0.2) is 49.7 Å². The Morgan fingerprint density at radius 1 is 1.06 bits per heavy atom. The minimum Gasteiger partial charge on any atom is -0.490 e. The number of carbonyl (C=O) groups is 3. The first kappa shape index (κ1) is 24.1. The summed E-state index contributed by atoms with van der Waals surface area (Å²) in [5.41, 5.74) is 0.914. The molecule has 0 aliphatic carbocycles. The highest BCUT2D eigenvalue weighted by atomic mass is 16.6. The van der Waals surface area contributed by atoms with E-state index in [0.29, 0.717) is 5.56 Å². The second-order valence-corrected chi connectivity index (χ2v) is 6.53. The number of esters is 1. The van der Waals surface area contributed by atoms with Crippen LogP contribution < -0.4 is 15.4 Å². The van der Waals surface area contributed by atoms with Gasteiger partial charge < -0.3 is 24.8 Å². The van der Waals surface area contributed by atoms with Gasteiger partial charge in [0.2, 0.25) is 5.91 Å². The van der Waals surface area contributed by atoms with E-state index in [1.54, 1.807) is 24.3 Å². The van der Waals surface area contributed by atoms with Crippen molar-refractivity contribution in [1.82, 2.24) is 10.6 Å². The van der Waals surface area contributed by atoms with Gasteiger partial charge in [-0.15, -0.1) is 0 Å². The van der Waals surface area contributed by atoms with E-state index in [1.807, 2.05) is 6.07 Å². The molecule has 1 atom stereocenters. The molecule has 11 heteroatoms.